The van der Waals surface area contributed by atoms with E-state index in [-0.39, 0.29) is 0 Å². The van der Waals surface area contributed by atoms with Crippen molar-refractivity contribution in [3.8, 4) is 5.82 Å². The first-order chi connectivity index (χ1) is 8.13. The molecule has 0 unspecified atom stereocenters. The van der Waals surface area contributed by atoms with Crippen LogP contribution in [0.4, 0.5) is 5.82 Å². The van der Waals surface area contributed by atoms with Gasteiger partial charge in [-0.3, -0.25) is 0 Å². The van der Waals surface area contributed by atoms with Crippen molar-refractivity contribution in [1.82, 2.24) is 14.8 Å². The van der Waals surface area contributed by atoms with Crippen LogP contribution in [-0.2, 0) is 4.74 Å². The number of anilines is 1. The Morgan fingerprint density at radius 1 is 1.59 bits per heavy atom. The lowest BCUT2D eigenvalue weighted by molar-refractivity contribution is 0.0600. The van der Waals surface area contributed by atoms with E-state index in [0.29, 0.717) is 21.7 Å². The summed E-state index contributed by atoms with van der Waals surface area (Å²) < 4.78 is 6.73. The van der Waals surface area contributed by atoms with E-state index in [0.717, 1.165) is 0 Å². The van der Waals surface area contributed by atoms with Crippen LogP contribution in [0.5, 0.6) is 0 Å². The number of carbonyl (C=O) groups excluding carboxylic acids is 1. The van der Waals surface area contributed by atoms with E-state index in [1.165, 1.54) is 11.8 Å². The number of nitrogens with zero attached hydrogens (tertiary/aromatic N) is 3. The van der Waals surface area contributed by atoms with Crippen LogP contribution in [0.3, 0.4) is 0 Å². The van der Waals surface area contributed by atoms with Gasteiger partial charge in [0.05, 0.1) is 11.6 Å². The molecule has 0 atom stereocenters. The predicted octanol–water partition coefficient (Wildman–Crippen LogP) is 1.40. The van der Waals surface area contributed by atoms with Crippen LogP contribution in [0.15, 0.2) is 29.0 Å². The zero-order valence-corrected chi connectivity index (χ0v) is 10.5. The van der Waals surface area contributed by atoms with Crippen molar-refractivity contribution in [3.63, 3.8) is 0 Å². The molecular weight excluding hydrogens is 288 g/mol. The Bertz CT molecular complexity index is 548. The highest BCUT2D eigenvalue weighted by atomic mass is 79.9. The molecule has 0 amide bonds. The molecule has 0 fully saturated rings. The van der Waals surface area contributed by atoms with E-state index < -0.39 is 5.97 Å². The lowest BCUT2D eigenvalue weighted by Crippen LogP contribution is -2.10. The molecule has 2 heterocycles. The molecule has 0 aliphatic heterocycles. The van der Waals surface area contributed by atoms with Crippen LogP contribution in [-0.4, -0.2) is 27.8 Å². The van der Waals surface area contributed by atoms with Gasteiger partial charge in [0.2, 0.25) is 0 Å². The number of methoxy groups -OCH3 is 1. The van der Waals surface area contributed by atoms with Gasteiger partial charge in [0, 0.05) is 12.4 Å². The summed E-state index contributed by atoms with van der Waals surface area (Å²) in [7, 11) is 1.31. The number of hydrogen-bond donors (Lipinski definition) is 1. The molecule has 6 nitrogen and oxygen atoms in total. The third kappa shape index (κ3) is 2.14. The summed E-state index contributed by atoms with van der Waals surface area (Å²) in [4.78, 5) is 15.6. The fourth-order valence-electron chi connectivity index (χ4n) is 1.32. The average molecular weight is 297 g/mol. The minimum atomic E-state index is -0.474. The molecular formula is C10H9BrN4O2. The van der Waals surface area contributed by atoms with E-state index in [2.05, 4.69) is 30.7 Å². The molecule has 2 aromatic heterocycles. The Morgan fingerprint density at radius 2 is 2.35 bits per heavy atom. The van der Waals surface area contributed by atoms with Gasteiger partial charge in [0.1, 0.15) is 5.56 Å². The minimum absolute atomic E-state index is 0.324. The molecule has 0 saturated carbocycles. The smallest absolute Gasteiger partial charge is 0.341 e. The third-order valence-corrected chi connectivity index (χ3v) is 2.72. The van der Waals surface area contributed by atoms with Gasteiger partial charge in [-0.1, -0.05) is 0 Å². The number of pyridine rings is 1. The summed E-state index contributed by atoms with van der Waals surface area (Å²) in [5.74, 6) is 0.224. The van der Waals surface area contributed by atoms with Gasteiger partial charge in [-0.15, -0.1) is 5.10 Å². The van der Waals surface area contributed by atoms with Gasteiger partial charge in [-0.05, 0) is 28.1 Å². The maximum Gasteiger partial charge on any atom is 0.341 e. The van der Waals surface area contributed by atoms with Crippen molar-refractivity contribution in [2.75, 3.05) is 12.8 Å². The zero-order chi connectivity index (χ0) is 12.4. The Kier molecular flexibility index (Phi) is 3.10. The summed E-state index contributed by atoms with van der Waals surface area (Å²) in [5, 5.41) is 4.04. The van der Waals surface area contributed by atoms with Crippen molar-refractivity contribution >= 4 is 27.7 Å². The van der Waals surface area contributed by atoms with Crippen molar-refractivity contribution in [2.45, 2.75) is 0 Å². The highest BCUT2D eigenvalue weighted by Crippen LogP contribution is 2.20. The molecule has 0 aliphatic rings. The van der Waals surface area contributed by atoms with Crippen molar-refractivity contribution < 1.29 is 9.53 Å². The summed E-state index contributed by atoms with van der Waals surface area (Å²) in [5.41, 5.74) is 5.94. The Balaban J connectivity index is 2.55. The normalized spacial score (nSPS) is 10.2. The van der Waals surface area contributed by atoms with Crippen LogP contribution >= 0.6 is 15.9 Å². The van der Waals surface area contributed by atoms with Crippen LogP contribution in [0.1, 0.15) is 10.4 Å². The highest BCUT2D eigenvalue weighted by molar-refractivity contribution is 9.10. The number of nitrogens with two attached hydrogens (primary N) is 1. The highest BCUT2D eigenvalue weighted by Gasteiger charge is 2.15. The molecule has 0 bridgehead atoms. The third-order valence-electron chi connectivity index (χ3n) is 2.10. The Labute approximate surface area is 106 Å². The molecule has 0 aromatic carbocycles. The van der Waals surface area contributed by atoms with Crippen molar-refractivity contribution in [1.29, 1.82) is 0 Å². The maximum atomic E-state index is 11.6. The van der Waals surface area contributed by atoms with Crippen molar-refractivity contribution in [3.05, 3.63) is 34.6 Å². The number of ether oxygens (including phenoxy) is 1. The summed E-state index contributed by atoms with van der Waals surface area (Å²) in [6, 6.07) is 3.26. The number of hydrogen-bond acceptors (Lipinski definition) is 5. The molecule has 7 heteroatoms. The van der Waals surface area contributed by atoms with Gasteiger partial charge in [-0.25, -0.2) is 14.5 Å². The molecule has 0 spiro atoms. The monoisotopic (exact) mass is 296 g/mol. The fourth-order valence-corrected chi connectivity index (χ4v) is 1.60. The van der Waals surface area contributed by atoms with Gasteiger partial charge in [0.15, 0.2) is 11.6 Å². The minimum Gasteiger partial charge on any atom is -0.465 e. The van der Waals surface area contributed by atoms with E-state index in [4.69, 9.17) is 5.73 Å². The van der Waals surface area contributed by atoms with E-state index >= 15 is 0 Å². The summed E-state index contributed by atoms with van der Waals surface area (Å²) in [6.07, 6.45) is 3.19. The van der Waals surface area contributed by atoms with Gasteiger partial charge < -0.3 is 10.5 Å². The molecule has 0 aliphatic carbocycles. The quantitative estimate of drug-likeness (QED) is 0.847. The average Bonchev–Trinajstić information content (AvgIpc) is 2.68. The summed E-state index contributed by atoms with van der Waals surface area (Å²) >= 11 is 3.24. The second-order valence-electron chi connectivity index (χ2n) is 3.17. The van der Waals surface area contributed by atoms with Gasteiger partial charge in [-0.2, -0.15) is 0 Å². The standard InChI is InChI=1S/C10H9BrN4O2/c1-17-10(16)6-3-2-4-13-9(6)15-5-7(11)8(12)14-15/h2-5H,1H3,(H2,12,14). The van der Waals surface area contributed by atoms with E-state index in [1.54, 1.807) is 24.5 Å². The molecule has 0 radical (unpaired) electrons. The second kappa shape index (κ2) is 4.54. The van der Waals surface area contributed by atoms with Crippen LogP contribution in [0.2, 0.25) is 0 Å². The maximum absolute atomic E-state index is 11.6. The molecule has 2 aromatic rings. The Morgan fingerprint density at radius 3 is 2.94 bits per heavy atom. The second-order valence-corrected chi connectivity index (χ2v) is 4.03. The molecule has 2 N–H and O–H groups in total. The zero-order valence-electron chi connectivity index (χ0n) is 8.92. The van der Waals surface area contributed by atoms with Crippen LogP contribution < -0.4 is 5.73 Å². The Hall–Kier alpha value is -1.89. The molecule has 2 rings (SSSR count). The SMILES string of the molecule is COC(=O)c1cccnc1-n1cc(Br)c(N)n1. The van der Waals surface area contributed by atoms with Gasteiger partial charge >= 0.3 is 5.97 Å². The summed E-state index contributed by atoms with van der Waals surface area (Å²) in [6.45, 7) is 0. The first-order valence-electron chi connectivity index (χ1n) is 4.68. The fraction of sp³-hybridized carbons (Fsp3) is 0.100. The van der Waals surface area contributed by atoms with Gasteiger partial charge in [0.25, 0.3) is 0 Å². The first kappa shape index (κ1) is 11.6. The molecule has 0 saturated heterocycles. The number of nitrogen functional groups attached to an aromatic ring is 1. The van der Waals surface area contributed by atoms with Crippen LogP contribution in [0.25, 0.3) is 5.82 Å². The number of rotatable bonds is 2. The van der Waals surface area contributed by atoms with E-state index in [1.807, 2.05) is 0 Å². The number of aromatic nitrogens is 3. The number of halogens is 1. The largest absolute Gasteiger partial charge is 0.465 e. The number of esters is 1. The van der Waals surface area contributed by atoms with Crippen LogP contribution in [0, 0.1) is 0 Å². The lowest BCUT2D eigenvalue weighted by Gasteiger charge is -2.05. The topological polar surface area (TPSA) is 83.0 Å². The molecule has 88 valence electrons. The lowest BCUT2D eigenvalue weighted by atomic mass is 10.2. The van der Waals surface area contributed by atoms with E-state index in [9.17, 15) is 4.79 Å². The predicted molar refractivity (Wildman–Crippen MR) is 64.8 cm³/mol. The molecule has 17 heavy (non-hydrogen) atoms. The first-order valence-corrected chi connectivity index (χ1v) is 5.47. The number of carbonyl (C=O) groups is 1. The van der Waals surface area contributed by atoms with Crippen molar-refractivity contribution in [2.24, 2.45) is 0 Å².